The third kappa shape index (κ3) is 3.14. The number of rotatable bonds is 4. The van der Waals surface area contributed by atoms with Crippen molar-refractivity contribution in [2.75, 3.05) is 6.54 Å². The Morgan fingerprint density at radius 3 is 2.79 bits per heavy atom. The van der Waals surface area contributed by atoms with Gasteiger partial charge in [-0.2, -0.15) is 0 Å². The van der Waals surface area contributed by atoms with Crippen LogP contribution < -0.4 is 11.1 Å². The zero-order valence-electron chi connectivity index (χ0n) is 8.06. The Morgan fingerprint density at radius 1 is 1.43 bits per heavy atom. The quantitative estimate of drug-likeness (QED) is 0.838. The van der Waals surface area contributed by atoms with E-state index in [9.17, 15) is 0 Å². The van der Waals surface area contributed by atoms with Crippen LogP contribution in [-0.4, -0.2) is 12.6 Å². The van der Waals surface area contributed by atoms with Gasteiger partial charge in [0.05, 0.1) is 10.0 Å². The van der Waals surface area contributed by atoms with Crippen molar-refractivity contribution in [1.29, 1.82) is 0 Å². The summed E-state index contributed by atoms with van der Waals surface area (Å²) in [6.07, 6.45) is 0. The van der Waals surface area contributed by atoms with Gasteiger partial charge in [0, 0.05) is 19.1 Å². The van der Waals surface area contributed by atoms with E-state index >= 15 is 0 Å². The fourth-order valence-electron chi connectivity index (χ4n) is 1.05. The van der Waals surface area contributed by atoms with Crippen LogP contribution in [0.2, 0.25) is 10.0 Å². The van der Waals surface area contributed by atoms with Crippen molar-refractivity contribution < 1.29 is 0 Å². The van der Waals surface area contributed by atoms with Crippen molar-refractivity contribution in [3.63, 3.8) is 0 Å². The molecule has 0 spiro atoms. The van der Waals surface area contributed by atoms with Gasteiger partial charge in [0.2, 0.25) is 0 Å². The predicted octanol–water partition coefficient (Wildman–Crippen LogP) is 2.43. The van der Waals surface area contributed by atoms with Crippen molar-refractivity contribution in [2.24, 2.45) is 5.73 Å². The Hall–Kier alpha value is -0.280. The number of hydrogen-bond donors (Lipinski definition) is 2. The maximum Gasteiger partial charge on any atom is 0.0637 e. The summed E-state index contributed by atoms with van der Waals surface area (Å²) in [7, 11) is 0. The largest absolute Gasteiger partial charge is 0.329 e. The van der Waals surface area contributed by atoms with Crippen LogP contribution in [0.15, 0.2) is 18.2 Å². The first-order chi connectivity index (χ1) is 6.65. The molecule has 0 aromatic heterocycles. The highest BCUT2D eigenvalue weighted by molar-refractivity contribution is 6.42. The van der Waals surface area contributed by atoms with E-state index in [0.29, 0.717) is 23.1 Å². The molecule has 1 aromatic carbocycles. The maximum absolute atomic E-state index is 6.02. The molecule has 0 aliphatic heterocycles. The third-order valence-corrected chi connectivity index (χ3v) is 2.88. The van der Waals surface area contributed by atoms with Crippen LogP contribution in [0.1, 0.15) is 12.5 Å². The van der Waals surface area contributed by atoms with E-state index in [1.54, 1.807) is 6.07 Å². The molecule has 14 heavy (non-hydrogen) atoms. The second-order valence-electron chi connectivity index (χ2n) is 3.23. The van der Waals surface area contributed by atoms with E-state index in [1.165, 1.54) is 0 Å². The van der Waals surface area contributed by atoms with Crippen molar-refractivity contribution in [1.82, 2.24) is 5.32 Å². The first-order valence-corrected chi connectivity index (χ1v) is 5.27. The molecular formula is C10H14Cl2N2. The third-order valence-electron chi connectivity index (χ3n) is 2.03. The highest BCUT2D eigenvalue weighted by Crippen LogP contribution is 2.25. The summed E-state index contributed by atoms with van der Waals surface area (Å²) in [5, 5.41) is 4.45. The monoisotopic (exact) mass is 232 g/mol. The van der Waals surface area contributed by atoms with E-state index in [0.717, 1.165) is 5.56 Å². The van der Waals surface area contributed by atoms with Gasteiger partial charge in [-0.25, -0.2) is 0 Å². The number of nitrogens with one attached hydrogen (secondary N) is 1. The summed E-state index contributed by atoms with van der Waals surface area (Å²) in [5.74, 6) is 0. The van der Waals surface area contributed by atoms with Crippen LogP contribution in [0.3, 0.4) is 0 Å². The van der Waals surface area contributed by atoms with Crippen LogP contribution in [0, 0.1) is 0 Å². The van der Waals surface area contributed by atoms with Crippen molar-refractivity contribution in [3.8, 4) is 0 Å². The van der Waals surface area contributed by atoms with Gasteiger partial charge < -0.3 is 11.1 Å². The molecular weight excluding hydrogens is 219 g/mol. The second kappa shape index (κ2) is 5.56. The Kier molecular flexibility index (Phi) is 4.69. The summed E-state index contributed by atoms with van der Waals surface area (Å²) in [4.78, 5) is 0. The Balaban J connectivity index is 2.63. The molecule has 3 N–H and O–H groups in total. The molecule has 4 heteroatoms. The molecule has 0 unspecified atom stereocenters. The van der Waals surface area contributed by atoms with Crippen molar-refractivity contribution >= 4 is 23.2 Å². The molecule has 0 amide bonds. The molecule has 1 atom stereocenters. The first kappa shape index (κ1) is 11.8. The average molecular weight is 233 g/mol. The smallest absolute Gasteiger partial charge is 0.0637 e. The Bertz CT molecular complexity index is 302. The minimum Gasteiger partial charge on any atom is -0.329 e. The molecule has 0 aliphatic carbocycles. The van der Waals surface area contributed by atoms with Crippen LogP contribution in [-0.2, 0) is 6.54 Å². The average Bonchev–Trinajstić information content (AvgIpc) is 2.20. The summed E-state index contributed by atoms with van der Waals surface area (Å²) in [6, 6.07) is 5.90. The molecule has 0 saturated carbocycles. The first-order valence-electron chi connectivity index (χ1n) is 4.51. The van der Waals surface area contributed by atoms with Crippen LogP contribution >= 0.6 is 23.2 Å². The molecule has 0 saturated heterocycles. The minimum atomic E-state index is 0.282. The molecule has 78 valence electrons. The van der Waals surface area contributed by atoms with E-state index in [2.05, 4.69) is 5.32 Å². The van der Waals surface area contributed by atoms with Gasteiger partial charge in [0.25, 0.3) is 0 Å². The van der Waals surface area contributed by atoms with Crippen LogP contribution in [0.4, 0.5) is 0 Å². The standard InChI is InChI=1S/C10H14Cl2N2/c1-7(5-13)14-6-8-3-2-4-9(11)10(8)12/h2-4,7,14H,5-6,13H2,1H3/t7-/m1/s1. The number of hydrogen-bond acceptors (Lipinski definition) is 2. The lowest BCUT2D eigenvalue weighted by Gasteiger charge is -2.12. The van der Waals surface area contributed by atoms with Crippen molar-refractivity contribution in [2.45, 2.75) is 19.5 Å². The Morgan fingerprint density at radius 2 is 2.14 bits per heavy atom. The second-order valence-corrected chi connectivity index (χ2v) is 4.02. The molecule has 1 rings (SSSR count). The minimum absolute atomic E-state index is 0.282. The van der Waals surface area contributed by atoms with Crippen LogP contribution in [0.5, 0.6) is 0 Å². The van der Waals surface area contributed by atoms with Crippen molar-refractivity contribution in [3.05, 3.63) is 33.8 Å². The lowest BCUT2D eigenvalue weighted by Crippen LogP contribution is -2.32. The normalized spacial score (nSPS) is 12.9. The summed E-state index contributed by atoms with van der Waals surface area (Å²) < 4.78 is 0. The number of benzene rings is 1. The zero-order chi connectivity index (χ0) is 10.6. The summed E-state index contributed by atoms with van der Waals surface area (Å²) >= 11 is 11.9. The lowest BCUT2D eigenvalue weighted by atomic mass is 10.2. The SMILES string of the molecule is C[C@H](CN)NCc1cccc(Cl)c1Cl. The fourth-order valence-corrected chi connectivity index (χ4v) is 1.44. The Labute approximate surface area is 94.4 Å². The van der Waals surface area contributed by atoms with Gasteiger partial charge in [-0.1, -0.05) is 35.3 Å². The van der Waals surface area contributed by atoms with Gasteiger partial charge in [0.1, 0.15) is 0 Å². The van der Waals surface area contributed by atoms with Gasteiger partial charge in [-0.05, 0) is 18.6 Å². The molecule has 0 radical (unpaired) electrons. The molecule has 0 bridgehead atoms. The van der Waals surface area contributed by atoms with E-state index < -0.39 is 0 Å². The molecule has 2 nitrogen and oxygen atoms in total. The fraction of sp³-hybridized carbons (Fsp3) is 0.400. The molecule has 0 aliphatic rings. The highest BCUT2D eigenvalue weighted by atomic mass is 35.5. The summed E-state index contributed by atoms with van der Waals surface area (Å²) in [6.45, 7) is 3.33. The zero-order valence-corrected chi connectivity index (χ0v) is 9.57. The van der Waals surface area contributed by atoms with E-state index in [4.69, 9.17) is 28.9 Å². The molecule has 1 aromatic rings. The summed E-state index contributed by atoms with van der Waals surface area (Å²) in [5.41, 5.74) is 6.48. The molecule has 0 fully saturated rings. The maximum atomic E-state index is 6.02. The lowest BCUT2D eigenvalue weighted by molar-refractivity contribution is 0.556. The van der Waals surface area contributed by atoms with Gasteiger partial charge >= 0.3 is 0 Å². The van der Waals surface area contributed by atoms with Crippen LogP contribution in [0.25, 0.3) is 0 Å². The van der Waals surface area contributed by atoms with E-state index in [1.807, 2.05) is 19.1 Å². The number of nitrogens with two attached hydrogens (primary N) is 1. The van der Waals surface area contributed by atoms with Gasteiger partial charge in [-0.3, -0.25) is 0 Å². The molecule has 0 heterocycles. The van der Waals surface area contributed by atoms with Gasteiger partial charge in [-0.15, -0.1) is 0 Å². The van der Waals surface area contributed by atoms with E-state index in [-0.39, 0.29) is 6.04 Å². The van der Waals surface area contributed by atoms with Gasteiger partial charge in [0.15, 0.2) is 0 Å². The number of halogens is 2. The topological polar surface area (TPSA) is 38.0 Å². The predicted molar refractivity (Wildman–Crippen MR) is 61.8 cm³/mol. The highest BCUT2D eigenvalue weighted by Gasteiger charge is 2.04.